The van der Waals surface area contributed by atoms with Crippen LogP contribution in [-0.2, 0) is 11.2 Å². The van der Waals surface area contributed by atoms with Gasteiger partial charge in [0.15, 0.2) is 0 Å². The van der Waals surface area contributed by atoms with Crippen LogP contribution < -0.4 is 5.73 Å². The topological polar surface area (TPSA) is 38.5 Å². The molecule has 1 fully saturated rings. The van der Waals surface area contributed by atoms with Gasteiger partial charge in [0.1, 0.15) is 5.82 Å². The van der Waals surface area contributed by atoms with Crippen molar-refractivity contribution in [2.75, 3.05) is 20.2 Å². The Labute approximate surface area is 119 Å². The quantitative estimate of drug-likeness (QED) is 0.921. The Hall–Kier alpha value is -0.970. The van der Waals surface area contributed by atoms with E-state index in [-0.39, 0.29) is 5.82 Å². The predicted octanol–water partition coefficient (Wildman–Crippen LogP) is 2.25. The van der Waals surface area contributed by atoms with Gasteiger partial charge in [0.05, 0.1) is 6.10 Å². The molecule has 0 radical (unpaired) electrons. The number of halogens is 1. The Morgan fingerprint density at radius 1 is 1.40 bits per heavy atom. The lowest BCUT2D eigenvalue weighted by Crippen LogP contribution is -2.49. The number of hydrogen-bond donors (Lipinski definition) is 1. The zero-order valence-electron chi connectivity index (χ0n) is 12.0. The van der Waals surface area contributed by atoms with Gasteiger partial charge in [-0.2, -0.15) is 0 Å². The summed E-state index contributed by atoms with van der Waals surface area (Å²) in [6, 6.07) is 6.00. The van der Waals surface area contributed by atoms with Crippen molar-refractivity contribution in [2.24, 2.45) is 5.73 Å². The van der Waals surface area contributed by atoms with Gasteiger partial charge >= 0.3 is 0 Å². The van der Waals surface area contributed by atoms with Crippen molar-refractivity contribution in [2.45, 2.75) is 43.9 Å². The minimum atomic E-state index is -0.127. The van der Waals surface area contributed by atoms with E-state index in [4.69, 9.17) is 10.5 Å². The van der Waals surface area contributed by atoms with E-state index in [1.54, 1.807) is 19.2 Å². The van der Waals surface area contributed by atoms with Crippen LogP contribution in [0, 0.1) is 5.82 Å². The van der Waals surface area contributed by atoms with E-state index >= 15 is 0 Å². The number of hydrogen-bond acceptors (Lipinski definition) is 3. The normalized spacial score (nSPS) is 30.4. The summed E-state index contributed by atoms with van der Waals surface area (Å²) in [6.45, 7) is 1.68. The molecule has 1 heterocycles. The predicted molar refractivity (Wildman–Crippen MR) is 77.0 cm³/mol. The number of methoxy groups -OCH3 is 1. The van der Waals surface area contributed by atoms with E-state index in [1.165, 1.54) is 11.1 Å². The molecule has 3 unspecified atom stereocenters. The Bertz CT molecular complexity index is 480. The molecule has 0 aromatic heterocycles. The lowest BCUT2D eigenvalue weighted by atomic mass is 9.95. The number of nitrogens with zero attached hydrogens (tertiary/aromatic N) is 1. The Morgan fingerprint density at radius 2 is 2.25 bits per heavy atom. The van der Waals surface area contributed by atoms with Crippen LogP contribution in [0.3, 0.4) is 0 Å². The van der Waals surface area contributed by atoms with Crippen molar-refractivity contribution < 1.29 is 9.13 Å². The monoisotopic (exact) mass is 278 g/mol. The molecular weight excluding hydrogens is 255 g/mol. The number of fused-ring (bicyclic) bond motifs is 1. The standard InChI is InChI=1S/C16H23FN2O/c1-20-14-6-7-19(13(9-14)10-18)16-5-2-11-8-12(17)3-4-15(11)16/h3-4,8,13-14,16H,2,5-7,9-10,18H2,1H3. The molecule has 3 atom stereocenters. The maximum Gasteiger partial charge on any atom is 0.123 e. The van der Waals surface area contributed by atoms with Gasteiger partial charge in [-0.1, -0.05) is 6.07 Å². The molecule has 20 heavy (non-hydrogen) atoms. The van der Waals surface area contributed by atoms with Gasteiger partial charge in [0.25, 0.3) is 0 Å². The summed E-state index contributed by atoms with van der Waals surface area (Å²) in [7, 11) is 1.78. The second-order valence-electron chi connectivity index (χ2n) is 5.91. The van der Waals surface area contributed by atoms with Gasteiger partial charge in [-0.3, -0.25) is 4.90 Å². The van der Waals surface area contributed by atoms with Gasteiger partial charge in [0.2, 0.25) is 0 Å². The second kappa shape index (κ2) is 5.80. The first-order chi connectivity index (χ1) is 9.72. The number of rotatable bonds is 3. The van der Waals surface area contributed by atoms with Crippen LogP contribution in [-0.4, -0.2) is 37.2 Å². The summed E-state index contributed by atoms with van der Waals surface area (Å²) in [6.07, 6.45) is 4.43. The van der Waals surface area contributed by atoms with Crippen molar-refractivity contribution in [1.29, 1.82) is 0 Å². The lowest BCUT2D eigenvalue weighted by molar-refractivity contribution is -0.00451. The van der Waals surface area contributed by atoms with Crippen molar-refractivity contribution in [3.8, 4) is 0 Å². The highest BCUT2D eigenvalue weighted by atomic mass is 19.1. The molecule has 1 saturated heterocycles. The largest absolute Gasteiger partial charge is 0.381 e. The fourth-order valence-corrected chi connectivity index (χ4v) is 3.80. The van der Waals surface area contributed by atoms with Crippen molar-refractivity contribution >= 4 is 0 Å². The number of piperidine rings is 1. The minimum absolute atomic E-state index is 0.127. The highest BCUT2D eigenvalue weighted by Gasteiger charge is 2.35. The molecule has 3 rings (SSSR count). The SMILES string of the molecule is COC1CCN(C2CCc3cc(F)ccc32)C(CN)C1. The van der Waals surface area contributed by atoms with Crippen molar-refractivity contribution in [1.82, 2.24) is 4.90 Å². The van der Waals surface area contributed by atoms with E-state index < -0.39 is 0 Å². The van der Waals surface area contributed by atoms with Gasteiger partial charge < -0.3 is 10.5 Å². The smallest absolute Gasteiger partial charge is 0.123 e. The molecule has 2 aliphatic rings. The van der Waals surface area contributed by atoms with Crippen LogP contribution in [0.15, 0.2) is 18.2 Å². The Kier molecular flexibility index (Phi) is 4.06. The van der Waals surface area contributed by atoms with E-state index in [9.17, 15) is 4.39 Å². The fraction of sp³-hybridized carbons (Fsp3) is 0.625. The summed E-state index contributed by atoms with van der Waals surface area (Å²) < 4.78 is 18.8. The fourth-order valence-electron chi connectivity index (χ4n) is 3.80. The van der Waals surface area contributed by atoms with Crippen molar-refractivity contribution in [3.05, 3.63) is 35.1 Å². The second-order valence-corrected chi connectivity index (χ2v) is 5.91. The van der Waals surface area contributed by atoms with Crippen LogP contribution >= 0.6 is 0 Å². The number of nitrogens with two attached hydrogens (primary N) is 1. The van der Waals surface area contributed by atoms with Crippen LogP contribution in [0.5, 0.6) is 0 Å². The maximum absolute atomic E-state index is 13.3. The number of likely N-dealkylation sites (tertiary alicyclic amines) is 1. The highest BCUT2D eigenvalue weighted by molar-refractivity contribution is 5.35. The maximum atomic E-state index is 13.3. The van der Waals surface area contributed by atoms with E-state index in [0.717, 1.165) is 32.2 Å². The third kappa shape index (κ3) is 2.48. The van der Waals surface area contributed by atoms with Gasteiger partial charge in [-0.05, 0) is 48.9 Å². The lowest BCUT2D eigenvalue weighted by Gasteiger charge is -2.42. The third-order valence-electron chi connectivity index (χ3n) is 4.87. The molecule has 3 nitrogen and oxygen atoms in total. The minimum Gasteiger partial charge on any atom is -0.381 e. The van der Waals surface area contributed by atoms with Gasteiger partial charge in [-0.15, -0.1) is 0 Å². The summed E-state index contributed by atoms with van der Waals surface area (Å²) in [5.74, 6) is -0.127. The Balaban J connectivity index is 1.80. The number of aryl methyl sites for hydroxylation is 1. The number of benzene rings is 1. The van der Waals surface area contributed by atoms with E-state index in [1.807, 2.05) is 6.07 Å². The molecule has 1 aromatic carbocycles. The summed E-state index contributed by atoms with van der Waals surface area (Å²) in [5.41, 5.74) is 8.42. The molecule has 4 heteroatoms. The molecule has 1 aromatic rings. The molecule has 110 valence electrons. The number of ether oxygens (including phenoxy) is 1. The van der Waals surface area contributed by atoms with Crippen molar-refractivity contribution in [3.63, 3.8) is 0 Å². The molecule has 0 amide bonds. The molecule has 1 aliphatic carbocycles. The van der Waals surface area contributed by atoms with Gasteiger partial charge in [-0.25, -0.2) is 4.39 Å². The summed E-state index contributed by atoms with van der Waals surface area (Å²) in [5, 5.41) is 0. The molecule has 1 aliphatic heterocycles. The van der Waals surface area contributed by atoms with E-state index in [0.29, 0.717) is 24.7 Å². The van der Waals surface area contributed by atoms with Crippen LogP contribution in [0.25, 0.3) is 0 Å². The Morgan fingerprint density at radius 3 is 3.00 bits per heavy atom. The summed E-state index contributed by atoms with van der Waals surface area (Å²) in [4.78, 5) is 2.51. The van der Waals surface area contributed by atoms with Crippen LogP contribution in [0.1, 0.15) is 36.4 Å². The third-order valence-corrected chi connectivity index (χ3v) is 4.87. The molecule has 2 N–H and O–H groups in total. The molecule has 0 spiro atoms. The summed E-state index contributed by atoms with van der Waals surface area (Å²) >= 11 is 0. The van der Waals surface area contributed by atoms with Crippen LogP contribution in [0.2, 0.25) is 0 Å². The van der Waals surface area contributed by atoms with E-state index in [2.05, 4.69) is 4.90 Å². The average Bonchev–Trinajstić information content (AvgIpc) is 2.89. The van der Waals surface area contributed by atoms with Gasteiger partial charge in [0, 0.05) is 32.3 Å². The zero-order valence-corrected chi connectivity index (χ0v) is 12.0. The highest BCUT2D eigenvalue weighted by Crippen LogP contribution is 2.39. The average molecular weight is 278 g/mol. The molecule has 0 saturated carbocycles. The first kappa shape index (κ1) is 14.0. The molecular formula is C16H23FN2O. The first-order valence-electron chi connectivity index (χ1n) is 7.50. The van der Waals surface area contributed by atoms with Crippen LogP contribution in [0.4, 0.5) is 4.39 Å². The first-order valence-corrected chi connectivity index (χ1v) is 7.50. The molecule has 0 bridgehead atoms. The zero-order chi connectivity index (χ0) is 14.1.